The van der Waals surface area contributed by atoms with E-state index >= 15 is 0 Å². The fourth-order valence-corrected chi connectivity index (χ4v) is 1.22. The lowest BCUT2D eigenvalue weighted by atomic mass is 10.2. The van der Waals surface area contributed by atoms with Gasteiger partial charge in [-0.25, -0.2) is 0 Å². The Bertz CT molecular complexity index is 275. The van der Waals surface area contributed by atoms with Gasteiger partial charge in [0.1, 0.15) is 0 Å². The van der Waals surface area contributed by atoms with Crippen molar-refractivity contribution in [3.8, 4) is 0 Å². The van der Waals surface area contributed by atoms with Crippen molar-refractivity contribution in [3.63, 3.8) is 0 Å². The summed E-state index contributed by atoms with van der Waals surface area (Å²) in [6, 6.07) is 0. The van der Waals surface area contributed by atoms with Crippen molar-refractivity contribution in [1.82, 2.24) is 10.6 Å². The van der Waals surface area contributed by atoms with Crippen molar-refractivity contribution in [3.05, 3.63) is 0 Å². The molecule has 1 rings (SSSR count). The third-order valence-corrected chi connectivity index (χ3v) is 2.59. The van der Waals surface area contributed by atoms with Gasteiger partial charge in [-0.05, 0) is 26.9 Å². The van der Waals surface area contributed by atoms with E-state index in [1.807, 2.05) is 14.1 Å². The summed E-state index contributed by atoms with van der Waals surface area (Å²) in [7, 11) is 3.75. The summed E-state index contributed by atoms with van der Waals surface area (Å²) in [6.07, 6.45) is 1.42. The smallest absolute Gasteiger partial charge is 0.303 e. The minimum absolute atomic E-state index is 0.0628. The normalized spacial score (nSPS) is 13.9. The van der Waals surface area contributed by atoms with Crippen molar-refractivity contribution in [2.45, 2.75) is 31.8 Å². The van der Waals surface area contributed by atoms with Gasteiger partial charge in [0.05, 0.1) is 18.6 Å². The second kappa shape index (κ2) is 25.3. The predicted molar refractivity (Wildman–Crippen MR) is 100 cm³/mol. The van der Waals surface area contributed by atoms with Crippen molar-refractivity contribution >= 4 is 23.5 Å². The predicted octanol–water partition coefficient (Wildman–Crippen LogP) is -0.331. The standard InChI is InChI=1S/C6H10O4.C4H13N3.C3H5ClO.C2H7N/c7-5(8)3-1-2-4-6(9)10;5-1-3-7-4-2-6;4-1-3-2-5-3;1-3-2/h1-4H2,(H,7,8)(H,9,10);7H,1-6H2;3H,1-2H2;3H,1-2H3. The van der Waals surface area contributed by atoms with Crippen LogP contribution in [-0.2, 0) is 14.3 Å². The molecule has 9 nitrogen and oxygen atoms in total. The molecule has 1 aliphatic rings. The van der Waals surface area contributed by atoms with E-state index in [1.165, 1.54) is 0 Å². The largest absolute Gasteiger partial charge is 0.481 e. The molecule has 0 aromatic carbocycles. The van der Waals surface area contributed by atoms with E-state index in [4.69, 9.17) is 38.0 Å². The molecule has 1 unspecified atom stereocenters. The molecule has 0 aromatic rings. The number of halogens is 1. The number of unbranched alkanes of at least 4 members (excludes halogenated alkanes) is 1. The highest BCUT2D eigenvalue weighted by Crippen LogP contribution is 2.08. The maximum absolute atomic E-state index is 9.90. The summed E-state index contributed by atoms with van der Waals surface area (Å²) < 4.78 is 4.73. The van der Waals surface area contributed by atoms with E-state index in [0.29, 0.717) is 37.9 Å². The van der Waals surface area contributed by atoms with Gasteiger partial charge in [0.2, 0.25) is 0 Å². The summed E-state index contributed by atoms with van der Waals surface area (Å²) >= 11 is 5.27. The summed E-state index contributed by atoms with van der Waals surface area (Å²) in [6.45, 7) is 4.01. The van der Waals surface area contributed by atoms with Crippen molar-refractivity contribution in [1.29, 1.82) is 0 Å². The Morgan fingerprint density at radius 3 is 1.60 bits per heavy atom. The van der Waals surface area contributed by atoms with Crippen molar-refractivity contribution in [2.24, 2.45) is 11.5 Å². The van der Waals surface area contributed by atoms with E-state index in [9.17, 15) is 9.59 Å². The third-order valence-electron chi connectivity index (χ3n) is 2.25. The average molecular weight is 387 g/mol. The zero-order valence-corrected chi connectivity index (χ0v) is 16.1. The Labute approximate surface area is 155 Å². The first-order chi connectivity index (χ1) is 11.9. The number of hydrogen-bond donors (Lipinski definition) is 6. The summed E-state index contributed by atoms with van der Waals surface area (Å²) in [5.74, 6) is -1.07. The maximum Gasteiger partial charge on any atom is 0.303 e. The van der Waals surface area contributed by atoms with Crippen LogP contribution in [-0.4, -0.2) is 81.0 Å². The van der Waals surface area contributed by atoms with Crippen LogP contribution in [0.2, 0.25) is 0 Å². The first-order valence-corrected chi connectivity index (χ1v) is 8.73. The quantitative estimate of drug-likeness (QED) is 0.167. The molecule has 0 radical (unpaired) electrons. The fourth-order valence-electron chi connectivity index (χ4n) is 1.04. The molecule has 10 heteroatoms. The number of epoxide rings is 1. The number of nitrogens with two attached hydrogens (primary N) is 2. The lowest BCUT2D eigenvalue weighted by molar-refractivity contribution is -0.139. The molecule has 0 aromatic heterocycles. The highest BCUT2D eigenvalue weighted by Gasteiger charge is 2.19. The number of rotatable bonds is 10. The molecule has 1 saturated heterocycles. The van der Waals surface area contributed by atoms with Gasteiger partial charge in [-0.3, -0.25) is 9.59 Å². The van der Waals surface area contributed by atoms with Crippen LogP contribution in [0, 0.1) is 0 Å². The number of carboxylic acid groups (broad SMARTS) is 2. The van der Waals surface area contributed by atoms with E-state index in [0.717, 1.165) is 19.7 Å². The molecule has 1 atom stereocenters. The fraction of sp³-hybridized carbons (Fsp3) is 0.867. The number of hydrogen-bond acceptors (Lipinski definition) is 7. The zero-order chi connectivity index (χ0) is 19.9. The minimum atomic E-state index is -0.870. The highest BCUT2D eigenvalue weighted by atomic mass is 35.5. The number of carbonyl (C=O) groups is 2. The second-order valence-electron chi connectivity index (χ2n) is 4.93. The first kappa shape index (κ1) is 28.8. The van der Waals surface area contributed by atoms with Crippen molar-refractivity contribution in [2.75, 3.05) is 52.8 Å². The lowest BCUT2D eigenvalue weighted by Gasteiger charge is -1.95. The number of ether oxygens (including phenoxy) is 1. The van der Waals surface area contributed by atoms with Gasteiger partial charge in [0.15, 0.2) is 0 Å². The van der Waals surface area contributed by atoms with Crippen LogP contribution in [0.5, 0.6) is 0 Å². The van der Waals surface area contributed by atoms with Crippen LogP contribution in [0.1, 0.15) is 25.7 Å². The summed E-state index contributed by atoms with van der Waals surface area (Å²) in [5.41, 5.74) is 10.3. The van der Waals surface area contributed by atoms with Crippen LogP contribution in [0.4, 0.5) is 0 Å². The number of nitrogens with one attached hydrogen (secondary N) is 2. The SMILES string of the molecule is CNC.ClCC1CO1.NCCNCCN.O=C(O)CCCCC(=O)O. The Hall–Kier alpha value is -0.970. The average Bonchev–Trinajstić information content (AvgIpc) is 3.38. The molecule has 1 aliphatic heterocycles. The van der Waals surface area contributed by atoms with E-state index in [1.54, 1.807) is 0 Å². The minimum Gasteiger partial charge on any atom is -0.481 e. The lowest BCUT2D eigenvalue weighted by Crippen LogP contribution is -2.27. The van der Waals surface area contributed by atoms with Crippen LogP contribution >= 0.6 is 11.6 Å². The van der Waals surface area contributed by atoms with E-state index in [-0.39, 0.29) is 12.8 Å². The zero-order valence-electron chi connectivity index (χ0n) is 15.3. The van der Waals surface area contributed by atoms with Gasteiger partial charge in [-0.2, -0.15) is 0 Å². The molecule has 0 amide bonds. The second-order valence-corrected chi connectivity index (χ2v) is 5.24. The van der Waals surface area contributed by atoms with Crippen LogP contribution in [0.3, 0.4) is 0 Å². The Kier molecular flexibility index (Phi) is 29.1. The molecule has 25 heavy (non-hydrogen) atoms. The summed E-state index contributed by atoms with van der Waals surface area (Å²) in [4.78, 5) is 19.8. The molecule has 1 heterocycles. The molecule has 0 saturated carbocycles. The summed E-state index contributed by atoms with van der Waals surface area (Å²) in [5, 5.41) is 22.0. The number of aliphatic carboxylic acids is 2. The number of alkyl halides is 1. The van der Waals surface area contributed by atoms with Gasteiger partial charge in [-0.15, -0.1) is 11.6 Å². The highest BCUT2D eigenvalue weighted by molar-refractivity contribution is 6.18. The Morgan fingerprint density at radius 1 is 1.08 bits per heavy atom. The third kappa shape index (κ3) is 45.1. The molecule has 152 valence electrons. The van der Waals surface area contributed by atoms with Crippen LogP contribution < -0.4 is 22.1 Å². The monoisotopic (exact) mass is 386 g/mol. The molecule has 0 aliphatic carbocycles. The van der Waals surface area contributed by atoms with Gasteiger partial charge >= 0.3 is 11.9 Å². The van der Waals surface area contributed by atoms with Crippen LogP contribution in [0.15, 0.2) is 0 Å². The maximum atomic E-state index is 9.90. The topological polar surface area (TPSA) is 163 Å². The van der Waals surface area contributed by atoms with Gasteiger partial charge in [-0.1, -0.05) is 0 Å². The molecule has 0 spiro atoms. The van der Waals surface area contributed by atoms with Gasteiger partial charge < -0.3 is 37.1 Å². The van der Waals surface area contributed by atoms with Crippen molar-refractivity contribution < 1.29 is 24.5 Å². The van der Waals surface area contributed by atoms with Crippen LogP contribution in [0.25, 0.3) is 0 Å². The van der Waals surface area contributed by atoms with Gasteiger partial charge in [0, 0.05) is 39.0 Å². The van der Waals surface area contributed by atoms with E-state index < -0.39 is 11.9 Å². The molecule has 8 N–H and O–H groups in total. The first-order valence-electron chi connectivity index (χ1n) is 8.19. The molecular weight excluding hydrogens is 352 g/mol. The Morgan fingerprint density at radius 2 is 1.44 bits per heavy atom. The number of carboxylic acids is 2. The Balaban J connectivity index is -0.000000280. The van der Waals surface area contributed by atoms with Gasteiger partial charge in [0.25, 0.3) is 0 Å². The molecule has 1 fully saturated rings. The molecular formula is C15H35ClN4O5. The molecule has 0 bridgehead atoms. The van der Waals surface area contributed by atoms with E-state index in [2.05, 4.69) is 10.6 Å².